The molecule has 1 aliphatic rings. The van der Waals surface area contributed by atoms with Gasteiger partial charge in [-0.05, 0) is 6.42 Å². The van der Waals surface area contributed by atoms with Crippen molar-refractivity contribution in [2.24, 2.45) is 5.73 Å². The number of primary amides is 1. The van der Waals surface area contributed by atoms with Crippen LogP contribution in [0.1, 0.15) is 26.2 Å². The fraction of sp³-hybridized carbons (Fsp3) is 0.917. The van der Waals surface area contributed by atoms with Gasteiger partial charge in [-0.3, -0.25) is 9.69 Å². The van der Waals surface area contributed by atoms with Gasteiger partial charge in [0.2, 0.25) is 5.91 Å². The lowest BCUT2D eigenvalue weighted by Crippen LogP contribution is -2.40. The van der Waals surface area contributed by atoms with E-state index >= 15 is 0 Å². The quantitative estimate of drug-likeness (QED) is 0.670. The normalized spacial score (nSPS) is 19.1. The fourth-order valence-corrected chi connectivity index (χ4v) is 1.85. The molecule has 1 atom stereocenters. The first-order valence-corrected chi connectivity index (χ1v) is 6.45. The van der Waals surface area contributed by atoms with Gasteiger partial charge in [0.05, 0.1) is 19.8 Å². The smallest absolute Gasteiger partial charge is 0.246 e. The Morgan fingerprint density at radius 2 is 2.18 bits per heavy atom. The van der Waals surface area contributed by atoms with E-state index in [-0.39, 0.29) is 5.91 Å². The third-order valence-electron chi connectivity index (χ3n) is 2.97. The van der Waals surface area contributed by atoms with Gasteiger partial charge >= 0.3 is 0 Å². The molecule has 1 heterocycles. The van der Waals surface area contributed by atoms with Crippen molar-refractivity contribution in [1.29, 1.82) is 0 Å². The Labute approximate surface area is 103 Å². The number of amides is 1. The second-order valence-electron chi connectivity index (χ2n) is 4.36. The number of carbonyl (C=O) groups is 1. The van der Waals surface area contributed by atoms with Crippen LogP contribution in [0.5, 0.6) is 0 Å². The van der Waals surface area contributed by atoms with Gasteiger partial charge < -0.3 is 15.2 Å². The molecule has 1 rings (SSSR count). The fourth-order valence-electron chi connectivity index (χ4n) is 1.85. The number of rotatable bonds is 8. The van der Waals surface area contributed by atoms with E-state index in [1.54, 1.807) is 0 Å². The molecule has 2 N–H and O–H groups in total. The number of carbonyl (C=O) groups excluding carboxylic acids is 1. The number of nitrogens with zero attached hydrogens (tertiary/aromatic N) is 1. The van der Waals surface area contributed by atoms with E-state index in [0.717, 1.165) is 52.1 Å². The number of hydrogen-bond donors (Lipinski definition) is 1. The third kappa shape index (κ3) is 6.00. The molecule has 100 valence electrons. The minimum atomic E-state index is -0.420. The van der Waals surface area contributed by atoms with Gasteiger partial charge in [0, 0.05) is 19.6 Å². The monoisotopic (exact) mass is 244 g/mol. The van der Waals surface area contributed by atoms with Crippen LogP contribution in [-0.2, 0) is 14.3 Å². The number of morpholine rings is 1. The zero-order valence-corrected chi connectivity index (χ0v) is 10.7. The largest absolute Gasteiger partial charge is 0.379 e. The van der Waals surface area contributed by atoms with Crippen LogP contribution in [0.4, 0.5) is 0 Å². The minimum absolute atomic E-state index is 0.347. The molecule has 0 radical (unpaired) electrons. The molecular formula is C12H24N2O3. The molecule has 1 unspecified atom stereocenters. The summed E-state index contributed by atoms with van der Waals surface area (Å²) in [6.45, 7) is 6.96. The van der Waals surface area contributed by atoms with Crippen molar-refractivity contribution in [2.45, 2.75) is 32.3 Å². The predicted octanol–water partition coefficient (Wildman–Crippen LogP) is 0.379. The van der Waals surface area contributed by atoms with Crippen molar-refractivity contribution in [3.05, 3.63) is 0 Å². The highest BCUT2D eigenvalue weighted by atomic mass is 16.5. The van der Waals surface area contributed by atoms with Crippen LogP contribution in [0.15, 0.2) is 0 Å². The average Bonchev–Trinajstić information content (AvgIpc) is 2.34. The zero-order chi connectivity index (χ0) is 12.5. The van der Waals surface area contributed by atoms with Crippen LogP contribution in [0.3, 0.4) is 0 Å². The second-order valence-corrected chi connectivity index (χ2v) is 4.36. The first-order valence-electron chi connectivity index (χ1n) is 6.45. The Morgan fingerprint density at radius 1 is 1.47 bits per heavy atom. The van der Waals surface area contributed by atoms with Crippen molar-refractivity contribution >= 4 is 5.91 Å². The summed E-state index contributed by atoms with van der Waals surface area (Å²) in [4.78, 5) is 13.4. The van der Waals surface area contributed by atoms with Crippen LogP contribution in [0.2, 0.25) is 0 Å². The summed E-state index contributed by atoms with van der Waals surface area (Å²) in [5, 5.41) is 0. The van der Waals surface area contributed by atoms with E-state index in [0.29, 0.717) is 6.61 Å². The van der Waals surface area contributed by atoms with Crippen LogP contribution in [0.25, 0.3) is 0 Å². The molecule has 5 heteroatoms. The number of ether oxygens (including phenoxy) is 2. The van der Waals surface area contributed by atoms with E-state index in [9.17, 15) is 4.79 Å². The summed E-state index contributed by atoms with van der Waals surface area (Å²) in [5.74, 6) is -0.347. The van der Waals surface area contributed by atoms with Gasteiger partial charge in [-0.1, -0.05) is 19.8 Å². The minimum Gasteiger partial charge on any atom is -0.379 e. The van der Waals surface area contributed by atoms with Crippen molar-refractivity contribution in [1.82, 2.24) is 4.90 Å². The lowest BCUT2D eigenvalue weighted by Gasteiger charge is -2.27. The molecule has 1 aliphatic heterocycles. The van der Waals surface area contributed by atoms with Crippen molar-refractivity contribution in [2.75, 3.05) is 39.5 Å². The molecule has 0 spiro atoms. The van der Waals surface area contributed by atoms with Crippen LogP contribution < -0.4 is 5.73 Å². The maximum Gasteiger partial charge on any atom is 0.246 e. The molecule has 5 nitrogen and oxygen atoms in total. The second kappa shape index (κ2) is 8.44. The van der Waals surface area contributed by atoms with Gasteiger partial charge in [0.25, 0.3) is 0 Å². The predicted molar refractivity (Wildman–Crippen MR) is 65.7 cm³/mol. The molecule has 0 aromatic carbocycles. The first kappa shape index (κ1) is 14.4. The summed E-state index contributed by atoms with van der Waals surface area (Å²) in [7, 11) is 0. The summed E-state index contributed by atoms with van der Waals surface area (Å²) < 4.78 is 10.8. The van der Waals surface area contributed by atoms with E-state index in [1.807, 2.05) is 0 Å². The SMILES string of the molecule is CCCCC(OCCN1CCOCC1)C(N)=O. The Kier molecular flexibility index (Phi) is 7.16. The molecule has 1 fully saturated rings. The highest BCUT2D eigenvalue weighted by Crippen LogP contribution is 2.05. The van der Waals surface area contributed by atoms with Crippen molar-refractivity contribution in [3.8, 4) is 0 Å². The molecule has 1 saturated heterocycles. The van der Waals surface area contributed by atoms with Crippen molar-refractivity contribution < 1.29 is 14.3 Å². The Balaban J connectivity index is 2.14. The molecule has 1 amide bonds. The van der Waals surface area contributed by atoms with E-state index in [1.165, 1.54) is 0 Å². The van der Waals surface area contributed by atoms with Crippen LogP contribution >= 0.6 is 0 Å². The van der Waals surface area contributed by atoms with E-state index < -0.39 is 6.10 Å². The summed E-state index contributed by atoms with van der Waals surface area (Å²) in [5.41, 5.74) is 5.30. The van der Waals surface area contributed by atoms with Gasteiger partial charge in [-0.25, -0.2) is 0 Å². The molecule has 0 aromatic rings. The highest BCUT2D eigenvalue weighted by molar-refractivity contribution is 5.78. The molecule has 17 heavy (non-hydrogen) atoms. The summed E-state index contributed by atoms with van der Waals surface area (Å²) in [6, 6.07) is 0. The molecule has 0 aromatic heterocycles. The standard InChI is InChI=1S/C12H24N2O3/c1-2-3-4-11(12(13)15)17-10-7-14-5-8-16-9-6-14/h11H,2-10H2,1H3,(H2,13,15). The van der Waals surface area contributed by atoms with Gasteiger partial charge in [-0.2, -0.15) is 0 Å². The van der Waals surface area contributed by atoms with Gasteiger partial charge in [0.1, 0.15) is 6.10 Å². The molecular weight excluding hydrogens is 220 g/mol. The Morgan fingerprint density at radius 3 is 2.76 bits per heavy atom. The summed E-state index contributed by atoms with van der Waals surface area (Å²) in [6.07, 6.45) is 2.34. The average molecular weight is 244 g/mol. The molecule has 0 saturated carbocycles. The Bertz CT molecular complexity index is 218. The molecule has 0 bridgehead atoms. The first-order chi connectivity index (χ1) is 8.24. The van der Waals surface area contributed by atoms with Crippen LogP contribution in [-0.4, -0.2) is 56.4 Å². The van der Waals surface area contributed by atoms with E-state index in [2.05, 4.69) is 11.8 Å². The number of hydrogen-bond acceptors (Lipinski definition) is 4. The lowest BCUT2D eigenvalue weighted by molar-refractivity contribution is -0.130. The highest BCUT2D eigenvalue weighted by Gasteiger charge is 2.16. The van der Waals surface area contributed by atoms with Crippen LogP contribution in [0, 0.1) is 0 Å². The van der Waals surface area contributed by atoms with Gasteiger partial charge in [-0.15, -0.1) is 0 Å². The summed E-state index contributed by atoms with van der Waals surface area (Å²) >= 11 is 0. The lowest BCUT2D eigenvalue weighted by atomic mass is 10.1. The van der Waals surface area contributed by atoms with Gasteiger partial charge in [0.15, 0.2) is 0 Å². The zero-order valence-electron chi connectivity index (χ0n) is 10.7. The maximum absolute atomic E-state index is 11.2. The molecule has 0 aliphatic carbocycles. The Hall–Kier alpha value is -0.650. The third-order valence-corrected chi connectivity index (χ3v) is 2.97. The number of unbranched alkanes of at least 4 members (excludes halogenated alkanes) is 1. The number of nitrogens with two attached hydrogens (primary N) is 1. The van der Waals surface area contributed by atoms with E-state index in [4.69, 9.17) is 15.2 Å². The van der Waals surface area contributed by atoms with Crippen molar-refractivity contribution in [3.63, 3.8) is 0 Å². The maximum atomic E-state index is 11.2. The topological polar surface area (TPSA) is 64.8 Å².